The van der Waals surface area contributed by atoms with Crippen LogP contribution < -0.4 is 5.32 Å². The van der Waals surface area contributed by atoms with E-state index < -0.39 is 0 Å². The number of aryl methyl sites for hydroxylation is 1. The average Bonchev–Trinajstić information content (AvgIpc) is 2.09. The Balaban J connectivity index is 2.85. The van der Waals surface area contributed by atoms with Crippen LogP contribution in [0.5, 0.6) is 0 Å². The molecule has 0 radical (unpaired) electrons. The molecule has 0 aliphatic rings. The number of hydrogen-bond acceptors (Lipinski definition) is 1. The monoisotopic (exact) mass is 205 g/mol. The van der Waals surface area contributed by atoms with Gasteiger partial charge in [-0.25, -0.2) is 0 Å². The summed E-state index contributed by atoms with van der Waals surface area (Å²) < 4.78 is 0. The fourth-order valence-electron chi connectivity index (χ4n) is 1.73. The van der Waals surface area contributed by atoms with Crippen LogP contribution in [-0.4, -0.2) is 6.04 Å². The van der Waals surface area contributed by atoms with Gasteiger partial charge in [-0.1, -0.05) is 26.0 Å². The maximum atomic E-state index is 3.49. The van der Waals surface area contributed by atoms with Gasteiger partial charge in [-0.15, -0.1) is 0 Å². The van der Waals surface area contributed by atoms with Gasteiger partial charge in [0.15, 0.2) is 0 Å². The molecule has 0 amide bonds. The first-order chi connectivity index (χ1) is 6.99. The van der Waals surface area contributed by atoms with E-state index in [4.69, 9.17) is 0 Å². The van der Waals surface area contributed by atoms with Gasteiger partial charge in [-0.05, 0) is 50.3 Å². The fourth-order valence-corrected chi connectivity index (χ4v) is 1.73. The van der Waals surface area contributed by atoms with Gasteiger partial charge in [-0.2, -0.15) is 0 Å². The van der Waals surface area contributed by atoms with Crippen molar-refractivity contribution in [2.24, 2.45) is 5.92 Å². The number of nitrogens with one attached hydrogen (secondary N) is 1. The molecule has 0 fully saturated rings. The fraction of sp³-hybridized carbons (Fsp3) is 0.571. The van der Waals surface area contributed by atoms with E-state index in [0.717, 1.165) is 12.3 Å². The first-order valence-corrected chi connectivity index (χ1v) is 5.85. The zero-order chi connectivity index (χ0) is 11.4. The molecule has 0 saturated heterocycles. The Morgan fingerprint density at radius 1 is 1.13 bits per heavy atom. The highest BCUT2D eigenvalue weighted by molar-refractivity contribution is 5.53. The van der Waals surface area contributed by atoms with Crippen molar-refractivity contribution in [1.82, 2.24) is 0 Å². The quantitative estimate of drug-likeness (QED) is 0.783. The van der Waals surface area contributed by atoms with Crippen molar-refractivity contribution in [2.45, 2.75) is 47.1 Å². The Morgan fingerprint density at radius 2 is 1.80 bits per heavy atom. The topological polar surface area (TPSA) is 12.0 Å². The van der Waals surface area contributed by atoms with Crippen molar-refractivity contribution in [3.8, 4) is 0 Å². The Bertz CT molecular complexity index is 313. The van der Waals surface area contributed by atoms with Crippen LogP contribution in [-0.2, 0) is 6.42 Å². The maximum absolute atomic E-state index is 3.49. The summed E-state index contributed by atoms with van der Waals surface area (Å²) in [6, 6.07) is 7.23. The van der Waals surface area contributed by atoms with E-state index in [0.29, 0.717) is 6.04 Å². The molecule has 84 valence electrons. The Kier molecular flexibility index (Phi) is 4.19. The summed E-state index contributed by atoms with van der Waals surface area (Å²) in [6.45, 7) is 11.0. The number of hydrogen-bond donors (Lipinski definition) is 1. The highest BCUT2D eigenvalue weighted by Crippen LogP contribution is 2.19. The standard InChI is InChI=1S/C14H23N/c1-10(2)8-13-7-6-12(5)14(9-13)15-11(3)4/h6-7,9-11,15H,8H2,1-5H3. The molecular weight excluding hydrogens is 182 g/mol. The molecule has 1 rings (SSSR count). The van der Waals surface area contributed by atoms with Gasteiger partial charge >= 0.3 is 0 Å². The van der Waals surface area contributed by atoms with Gasteiger partial charge < -0.3 is 5.32 Å². The molecule has 1 aromatic rings. The van der Waals surface area contributed by atoms with Crippen molar-refractivity contribution in [2.75, 3.05) is 5.32 Å². The van der Waals surface area contributed by atoms with Crippen LogP contribution in [0.3, 0.4) is 0 Å². The molecule has 0 aliphatic heterocycles. The van der Waals surface area contributed by atoms with Crippen LogP contribution in [0.15, 0.2) is 18.2 Å². The molecule has 1 heteroatoms. The summed E-state index contributed by atoms with van der Waals surface area (Å²) in [6.07, 6.45) is 1.16. The van der Waals surface area contributed by atoms with E-state index in [1.54, 1.807) is 0 Å². The second-order valence-electron chi connectivity index (χ2n) is 5.05. The smallest absolute Gasteiger partial charge is 0.0374 e. The lowest BCUT2D eigenvalue weighted by Crippen LogP contribution is -2.11. The van der Waals surface area contributed by atoms with Gasteiger partial charge in [0.1, 0.15) is 0 Å². The third kappa shape index (κ3) is 3.94. The normalized spacial score (nSPS) is 11.1. The summed E-state index contributed by atoms with van der Waals surface area (Å²) in [5, 5.41) is 3.49. The molecule has 0 aliphatic carbocycles. The van der Waals surface area contributed by atoms with Crippen LogP contribution in [0.1, 0.15) is 38.8 Å². The number of anilines is 1. The summed E-state index contributed by atoms with van der Waals surface area (Å²) in [4.78, 5) is 0. The molecule has 1 nitrogen and oxygen atoms in total. The highest BCUT2D eigenvalue weighted by Gasteiger charge is 2.03. The van der Waals surface area contributed by atoms with Crippen LogP contribution in [0, 0.1) is 12.8 Å². The Labute approximate surface area is 93.9 Å². The SMILES string of the molecule is Cc1ccc(CC(C)C)cc1NC(C)C. The summed E-state index contributed by atoms with van der Waals surface area (Å²) >= 11 is 0. The average molecular weight is 205 g/mol. The van der Waals surface area contributed by atoms with Gasteiger partial charge in [0, 0.05) is 11.7 Å². The van der Waals surface area contributed by atoms with Crippen molar-refractivity contribution in [1.29, 1.82) is 0 Å². The Morgan fingerprint density at radius 3 is 2.33 bits per heavy atom. The van der Waals surface area contributed by atoms with E-state index in [-0.39, 0.29) is 0 Å². The largest absolute Gasteiger partial charge is 0.383 e. The van der Waals surface area contributed by atoms with E-state index in [2.05, 4.69) is 58.1 Å². The van der Waals surface area contributed by atoms with Gasteiger partial charge in [0.2, 0.25) is 0 Å². The van der Waals surface area contributed by atoms with Crippen molar-refractivity contribution >= 4 is 5.69 Å². The van der Waals surface area contributed by atoms with Gasteiger partial charge in [-0.3, -0.25) is 0 Å². The molecular formula is C14H23N. The molecule has 1 aromatic carbocycles. The minimum atomic E-state index is 0.498. The highest BCUT2D eigenvalue weighted by atomic mass is 14.9. The van der Waals surface area contributed by atoms with Crippen LogP contribution >= 0.6 is 0 Å². The molecule has 0 bridgehead atoms. The molecule has 0 saturated carbocycles. The van der Waals surface area contributed by atoms with E-state index in [1.165, 1.54) is 16.8 Å². The second-order valence-corrected chi connectivity index (χ2v) is 5.05. The lowest BCUT2D eigenvalue weighted by Gasteiger charge is -2.15. The predicted molar refractivity (Wildman–Crippen MR) is 68.5 cm³/mol. The van der Waals surface area contributed by atoms with Crippen LogP contribution in [0.2, 0.25) is 0 Å². The molecule has 15 heavy (non-hydrogen) atoms. The predicted octanol–water partition coefficient (Wildman–Crippen LogP) is 4.01. The Hall–Kier alpha value is -0.980. The summed E-state index contributed by atoms with van der Waals surface area (Å²) in [7, 11) is 0. The first-order valence-electron chi connectivity index (χ1n) is 5.85. The van der Waals surface area contributed by atoms with Crippen LogP contribution in [0.25, 0.3) is 0 Å². The van der Waals surface area contributed by atoms with Crippen LogP contribution in [0.4, 0.5) is 5.69 Å². The van der Waals surface area contributed by atoms with Crippen molar-refractivity contribution in [3.63, 3.8) is 0 Å². The molecule has 0 unspecified atom stereocenters. The lowest BCUT2D eigenvalue weighted by atomic mass is 10.0. The number of benzene rings is 1. The van der Waals surface area contributed by atoms with Crippen molar-refractivity contribution in [3.05, 3.63) is 29.3 Å². The zero-order valence-corrected chi connectivity index (χ0v) is 10.6. The first kappa shape index (κ1) is 12.1. The molecule has 0 aromatic heterocycles. The van der Waals surface area contributed by atoms with E-state index >= 15 is 0 Å². The second kappa shape index (κ2) is 5.20. The van der Waals surface area contributed by atoms with Crippen molar-refractivity contribution < 1.29 is 0 Å². The molecule has 0 atom stereocenters. The zero-order valence-electron chi connectivity index (χ0n) is 10.6. The van der Waals surface area contributed by atoms with E-state index in [1.807, 2.05) is 0 Å². The summed E-state index contributed by atoms with van der Waals surface area (Å²) in [5.74, 6) is 0.722. The van der Waals surface area contributed by atoms with E-state index in [9.17, 15) is 0 Å². The summed E-state index contributed by atoms with van der Waals surface area (Å²) in [5.41, 5.74) is 4.04. The lowest BCUT2D eigenvalue weighted by molar-refractivity contribution is 0.647. The molecule has 1 N–H and O–H groups in total. The minimum absolute atomic E-state index is 0.498. The molecule has 0 heterocycles. The number of rotatable bonds is 4. The maximum Gasteiger partial charge on any atom is 0.0374 e. The minimum Gasteiger partial charge on any atom is -0.383 e. The molecule has 0 spiro atoms. The third-order valence-electron chi connectivity index (χ3n) is 2.39. The van der Waals surface area contributed by atoms with Gasteiger partial charge in [0.25, 0.3) is 0 Å². The van der Waals surface area contributed by atoms with Gasteiger partial charge in [0.05, 0.1) is 0 Å². The third-order valence-corrected chi connectivity index (χ3v) is 2.39.